The summed E-state index contributed by atoms with van der Waals surface area (Å²) in [4.78, 5) is 14.4. The molecule has 0 aromatic carbocycles. The normalized spacial score (nSPS) is 10.6. The molecule has 0 saturated heterocycles. The van der Waals surface area contributed by atoms with E-state index in [2.05, 4.69) is 5.32 Å². The van der Waals surface area contributed by atoms with E-state index in [4.69, 9.17) is 0 Å². The maximum absolute atomic E-state index is 11.5. The van der Waals surface area contributed by atoms with Gasteiger partial charge in [0.1, 0.15) is 0 Å². The van der Waals surface area contributed by atoms with Crippen LogP contribution >= 0.6 is 11.3 Å². The van der Waals surface area contributed by atoms with E-state index in [-0.39, 0.29) is 5.91 Å². The summed E-state index contributed by atoms with van der Waals surface area (Å²) < 4.78 is 0. The Hall–Kier alpha value is -0.870. The fraction of sp³-hybridized carbons (Fsp3) is 0.500. The minimum absolute atomic E-state index is 0.0324. The van der Waals surface area contributed by atoms with Gasteiger partial charge < -0.3 is 10.2 Å². The van der Waals surface area contributed by atoms with Crippen LogP contribution < -0.4 is 5.32 Å². The van der Waals surface area contributed by atoms with Crippen LogP contribution in [0.1, 0.15) is 15.2 Å². The van der Waals surface area contributed by atoms with Crippen LogP contribution in [0, 0.1) is 6.92 Å². The van der Waals surface area contributed by atoms with Crippen molar-refractivity contribution in [3.05, 3.63) is 21.9 Å². The number of nitrogens with one attached hydrogen (secondary N) is 1. The summed E-state index contributed by atoms with van der Waals surface area (Å²) in [5, 5.41) is 4.86. The van der Waals surface area contributed by atoms with Gasteiger partial charge in [-0.2, -0.15) is 0 Å². The van der Waals surface area contributed by atoms with Crippen molar-refractivity contribution in [1.82, 2.24) is 10.2 Å². The smallest absolute Gasteiger partial charge is 0.261 e. The summed E-state index contributed by atoms with van der Waals surface area (Å²) in [7, 11) is 3.98. The van der Waals surface area contributed by atoms with Crippen molar-refractivity contribution in [3.8, 4) is 0 Å². The number of carbonyl (C=O) groups is 1. The van der Waals surface area contributed by atoms with Crippen LogP contribution in [-0.2, 0) is 0 Å². The molecular weight excluding hydrogens is 196 g/mol. The number of likely N-dealkylation sites (N-methyl/N-ethyl adjacent to an activating group) is 1. The van der Waals surface area contributed by atoms with Crippen LogP contribution in [0.25, 0.3) is 0 Å². The van der Waals surface area contributed by atoms with E-state index in [1.54, 1.807) is 0 Å². The largest absolute Gasteiger partial charge is 0.350 e. The van der Waals surface area contributed by atoms with Gasteiger partial charge in [0.25, 0.3) is 5.91 Å². The Labute approximate surface area is 88.7 Å². The van der Waals surface area contributed by atoms with Gasteiger partial charge in [-0.05, 0) is 38.0 Å². The number of amides is 1. The lowest BCUT2D eigenvalue weighted by molar-refractivity contribution is 0.0955. The second-order valence-corrected chi connectivity index (χ2v) is 4.46. The van der Waals surface area contributed by atoms with E-state index in [9.17, 15) is 4.79 Å². The quantitative estimate of drug-likeness (QED) is 0.817. The summed E-state index contributed by atoms with van der Waals surface area (Å²) in [6, 6.07) is 1.91. The third kappa shape index (κ3) is 3.47. The van der Waals surface area contributed by atoms with Gasteiger partial charge in [0.15, 0.2) is 0 Å². The minimum atomic E-state index is 0.0324. The van der Waals surface area contributed by atoms with Crippen molar-refractivity contribution in [2.45, 2.75) is 6.92 Å². The summed E-state index contributed by atoms with van der Waals surface area (Å²) >= 11 is 1.49. The molecule has 3 nitrogen and oxygen atoms in total. The highest BCUT2D eigenvalue weighted by Gasteiger charge is 2.06. The Bertz CT molecular complexity index is 307. The molecule has 1 aromatic heterocycles. The molecule has 0 unspecified atom stereocenters. The van der Waals surface area contributed by atoms with Crippen LogP contribution in [0.3, 0.4) is 0 Å². The number of hydrogen-bond donors (Lipinski definition) is 1. The van der Waals surface area contributed by atoms with Gasteiger partial charge in [0.2, 0.25) is 0 Å². The maximum atomic E-state index is 11.5. The van der Waals surface area contributed by atoms with Crippen LogP contribution in [0.4, 0.5) is 0 Å². The lowest BCUT2D eigenvalue weighted by atomic mass is 10.3. The Morgan fingerprint density at radius 2 is 2.29 bits per heavy atom. The average molecular weight is 212 g/mol. The van der Waals surface area contributed by atoms with E-state index in [1.807, 2.05) is 37.4 Å². The Morgan fingerprint density at radius 3 is 2.79 bits per heavy atom. The number of nitrogens with zero attached hydrogens (tertiary/aromatic N) is 1. The molecule has 1 aromatic rings. The van der Waals surface area contributed by atoms with E-state index >= 15 is 0 Å². The highest BCUT2D eigenvalue weighted by molar-refractivity contribution is 7.12. The molecule has 1 amide bonds. The van der Waals surface area contributed by atoms with E-state index in [0.29, 0.717) is 6.54 Å². The molecule has 1 rings (SSSR count). The van der Waals surface area contributed by atoms with Gasteiger partial charge in [-0.1, -0.05) is 0 Å². The van der Waals surface area contributed by atoms with Crippen LogP contribution in [0.2, 0.25) is 0 Å². The highest BCUT2D eigenvalue weighted by Crippen LogP contribution is 2.12. The van der Waals surface area contributed by atoms with E-state index in [0.717, 1.165) is 17.0 Å². The molecule has 0 aliphatic heterocycles. The van der Waals surface area contributed by atoms with Crippen molar-refractivity contribution in [2.75, 3.05) is 27.2 Å². The number of thiophene rings is 1. The number of carbonyl (C=O) groups excluding carboxylic acids is 1. The molecule has 0 saturated carbocycles. The standard InChI is InChI=1S/C10H16N2OS/c1-8-6-9(14-7-8)10(13)11-4-5-12(2)3/h6-7H,4-5H2,1-3H3,(H,11,13). The van der Waals surface area contributed by atoms with Crippen LogP contribution in [0.5, 0.6) is 0 Å². The topological polar surface area (TPSA) is 32.3 Å². The monoisotopic (exact) mass is 212 g/mol. The molecular formula is C10H16N2OS. The molecule has 0 aliphatic carbocycles. The molecule has 0 radical (unpaired) electrons. The predicted molar refractivity (Wildman–Crippen MR) is 59.9 cm³/mol. The molecule has 1 N–H and O–H groups in total. The molecule has 0 atom stereocenters. The fourth-order valence-corrected chi connectivity index (χ4v) is 1.84. The van der Waals surface area contributed by atoms with Gasteiger partial charge in [-0.25, -0.2) is 0 Å². The lowest BCUT2D eigenvalue weighted by Gasteiger charge is -2.09. The summed E-state index contributed by atoms with van der Waals surface area (Å²) in [6.45, 7) is 3.56. The lowest BCUT2D eigenvalue weighted by Crippen LogP contribution is -2.30. The van der Waals surface area contributed by atoms with Gasteiger partial charge in [-0.3, -0.25) is 4.79 Å². The third-order valence-electron chi connectivity index (χ3n) is 1.80. The van der Waals surface area contributed by atoms with Gasteiger partial charge in [0.05, 0.1) is 4.88 Å². The average Bonchev–Trinajstić information content (AvgIpc) is 2.51. The molecule has 0 spiro atoms. The second-order valence-electron chi connectivity index (χ2n) is 3.55. The predicted octanol–water partition coefficient (Wildman–Crippen LogP) is 1.35. The first kappa shape index (κ1) is 11.2. The number of aryl methyl sites for hydroxylation is 1. The Balaban J connectivity index is 2.36. The fourth-order valence-electron chi connectivity index (χ4n) is 1.03. The van der Waals surface area contributed by atoms with Crippen molar-refractivity contribution < 1.29 is 4.79 Å². The zero-order chi connectivity index (χ0) is 10.6. The van der Waals surface area contributed by atoms with Crippen molar-refractivity contribution in [1.29, 1.82) is 0 Å². The Kier molecular flexibility index (Phi) is 4.10. The molecule has 1 heterocycles. The zero-order valence-electron chi connectivity index (χ0n) is 8.83. The molecule has 0 fully saturated rings. The summed E-state index contributed by atoms with van der Waals surface area (Å²) in [5.74, 6) is 0.0324. The van der Waals surface area contributed by atoms with Crippen molar-refractivity contribution >= 4 is 17.2 Å². The van der Waals surface area contributed by atoms with Gasteiger partial charge in [-0.15, -0.1) is 11.3 Å². The first-order chi connectivity index (χ1) is 6.59. The first-order valence-corrected chi connectivity index (χ1v) is 5.45. The van der Waals surface area contributed by atoms with Crippen LogP contribution in [0.15, 0.2) is 11.4 Å². The number of hydrogen-bond acceptors (Lipinski definition) is 3. The van der Waals surface area contributed by atoms with Gasteiger partial charge in [0, 0.05) is 13.1 Å². The van der Waals surface area contributed by atoms with Crippen molar-refractivity contribution in [3.63, 3.8) is 0 Å². The van der Waals surface area contributed by atoms with Crippen LogP contribution in [-0.4, -0.2) is 38.0 Å². The molecule has 4 heteroatoms. The minimum Gasteiger partial charge on any atom is -0.350 e. The third-order valence-corrected chi connectivity index (χ3v) is 2.85. The highest BCUT2D eigenvalue weighted by atomic mass is 32.1. The van der Waals surface area contributed by atoms with E-state index < -0.39 is 0 Å². The zero-order valence-corrected chi connectivity index (χ0v) is 9.65. The SMILES string of the molecule is Cc1csc(C(=O)NCCN(C)C)c1. The molecule has 78 valence electrons. The Morgan fingerprint density at radius 1 is 1.57 bits per heavy atom. The molecule has 0 aliphatic rings. The van der Waals surface area contributed by atoms with Crippen molar-refractivity contribution in [2.24, 2.45) is 0 Å². The maximum Gasteiger partial charge on any atom is 0.261 e. The second kappa shape index (κ2) is 5.12. The van der Waals surface area contributed by atoms with Gasteiger partial charge >= 0.3 is 0 Å². The van der Waals surface area contributed by atoms with E-state index in [1.165, 1.54) is 11.3 Å². The summed E-state index contributed by atoms with van der Waals surface area (Å²) in [5.41, 5.74) is 1.15. The summed E-state index contributed by atoms with van der Waals surface area (Å²) in [6.07, 6.45) is 0. The first-order valence-electron chi connectivity index (χ1n) is 4.57. The molecule has 0 bridgehead atoms. The molecule has 14 heavy (non-hydrogen) atoms. The number of rotatable bonds is 4.